The zero-order valence-corrected chi connectivity index (χ0v) is 14.7. The van der Waals surface area contributed by atoms with Crippen LogP contribution in [0.5, 0.6) is 0 Å². The van der Waals surface area contributed by atoms with Crippen LogP contribution in [-0.2, 0) is 4.79 Å². The summed E-state index contributed by atoms with van der Waals surface area (Å²) in [5, 5.41) is 9.94. The Labute approximate surface area is 145 Å². The molecule has 4 rings (SSSR count). The van der Waals surface area contributed by atoms with Crippen LogP contribution in [0.25, 0.3) is 22.1 Å². The molecule has 1 fully saturated rings. The van der Waals surface area contributed by atoms with Gasteiger partial charge >= 0.3 is 0 Å². The second kappa shape index (κ2) is 6.09. The molecule has 1 N–H and O–H groups in total. The van der Waals surface area contributed by atoms with Crippen molar-refractivity contribution in [3.63, 3.8) is 0 Å². The maximum atomic E-state index is 12.1. The lowest BCUT2D eigenvalue weighted by Gasteiger charge is -2.13. The summed E-state index contributed by atoms with van der Waals surface area (Å²) < 4.78 is 0.988. The van der Waals surface area contributed by atoms with Crippen LogP contribution in [0.3, 0.4) is 0 Å². The zero-order chi connectivity index (χ0) is 15.8. The van der Waals surface area contributed by atoms with E-state index in [1.54, 1.807) is 0 Å². The molecular weight excluding hydrogens is 378 g/mol. The SMILES string of the molecule is O=C(CSc1nnc2c(n1)[nH]c1ccc(Br)cc12)N1CCCC1. The predicted molar refractivity (Wildman–Crippen MR) is 93.4 cm³/mol. The molecule has 3 aromatic rings. The molecule has 8 heteroatoms. The van der Waals surface area contributed by atoms with Gasteiger partial charge in [-0.25, -0.2) is 4.98 Å². The number of hydrogen-bond acceptors (Lipinski definition) is 5. The van der Waals surface area contributed by atoms with Gasteiger partial charge in [0, 0.05) is 28.5 Å². The fourth-order valence-electron chi connectivity index (χ4n) is 2.77. The van der Waals surface area contributed by atoms with E-state index in [0.29, 0.717) is 16.6 Å². The number of rotatable bonds is 3. The van der Waals surface area contributed by atoms with E-state index in [0.717, 1.165) is 46.8 Å². The summed E-state index contributed by atoms with van der Waals surface area (Å²) >= 11 is 4.80. The Morgan fingerprint density at radius 1 is 1.30 bits per heavy atom. The van der Waals surface area contributed by atoms with Gasteiger partial charge in [0.2, 0.25) is 11.1 Å². The number of nitrogens with zero attached hydrogens (tertiary/aromatic N) is 4. The summed E-state index contributed by atoms with van der Waals surface area (Å²) in [5.41, 5.74) is 2.42. The number of aromatic nitrogens is 4. The van der Waals surface area contributed by atoms with Gasteiger partial charge in [-0.3, -0.25) is 4.79 Å². The van der Waals surface area contributed by atoms with Crippen molar-refractivity contribution in [3.8, 4) is 0 Å². The summed E-state index contributed by atoms with van der Waals surface area (Å²) in [6.45, 7) is 1.74. The van der Waals surface area contributed by atoms with Crippen LogP contribution in [0.2, 0.25) is 0 Å². The minimum atomic E-state index is 0.150. The zero-order valence-electron chi connectivity index (χ0n) is 12.3. The number of halogens is 1. The first kappa shape index (κ1) is 14.9. The van der Waals surface area contributed by atoms with Gasteiger partial charge in [0.25, 0.3) is 0 Å². The van der Waals surface area contributed by atoms with Crippen LogP contribution in [0, 0.1) is 0 Å². The van der Waals surface area contributed by atoms with E-state index in [2.05, 4.69) is 36.1 Å². The lowest BCUT2D eigenvalue weighted by atomic mass is 10.2. The molecule has 1 aliphatic heterocycles. The van der Waals surface area contributed by atoms with Gasteiger partial charge < -0.3 is 9.88 Å². The molecule has 0 bridgehead atoms. The lowest BCUT2D eigenvalue weighted by Crippen LogP contribution is -2.29. The van der Waals surface area contributed by atoms with Gasteiger partial charge in [-0.05, 0) is 31.0 Å². The Kier molecular flexibility index (Phi) is 3.94. The van der Waals surface area contributed by atoms with Crippen LogP contribution in [0.15, 0.2) is 27.8 Å². The molecule has 1 saturated heterocycles. The van der Waals surface area contributed by atoms with Gasteiger partial charge in [0.1, 0.15) is 5.52 Å². The van der Waals surface area contributed by atoms with E-state index >= 15 is 0 Å². The van der Waals surface area contributed by atoms with E-state index < -0.39 is 0 Å². The third kappa shape index (κ3) is 2.92. The number of H-pyrrole nitrogens is 1. The van der Waals surface area contributed by atoms with Crippen LogP contribution in [0.4, 0.5) is 0 Å². The summed E-state index contributed by atoms with van der Waals surface area (Å²) in [7, 11) is 0. The molecular formula is C15H14BrN5OS. The Hall–Kier alpha value is -1.67. The molecule has 3 heterocycles. The van der Waals surface area contributed by atoms with Crippen molar-refractivity contribution in [1.82, 2.24) is 25.1 Å². The second-order valence-corrected chi connectivity index (χ2v) is 7.34. The summed E-state index contributed by atoms with van der Waals surface area (Å²) in [5.74, 6) is 0.510. The average Bonchev–Trinajstić information content (AvgIpc) is 3.19. The van der Waals surface area contributed by atoms with Crippen molar-refractivity contribution >= 4 is 55.7 Å². The van der Waals surface area contributed by atoms with Crippen molar-refractivity contribution in [1.29, 1.82) is 0 Å². The number of thioether (sulfide) groups is 1. The molecule has 0 unspecified atom stereocenters. The molecule has 6 nitrogen and oxygen atoms in total. The molecule has 0 saturated carbocycles. The third-order valence-corrected chi connectivity index (χ3v) is 5.26. The quantitative estimate of drug-likeness (QED) is 0.694. The minimum absolute atomic E-state index is 0.150. The predicted octanol–water partition coefficient (Wildman–Crippen LogP) is 2.98. The number of aromatic amines is 1. The first-order valence-electron chi connectivity index (χ1n) is 7.43. The fourth-order valence-corrected chi connectivity index (χ4v) is 3.82. The first-order chi connectivity index (χ1) is 11.2. The standard InChI is InChI=1S/C15H14BrN5OS/c16-9-3-4-11-10(7-9)13-14(17-11)18-15(20-19-13)23-8-12(22)21-5-1-2-6-21/h3-4,7H,1-2,5-6,8H2,(H,17,18,20). The van der Waals surface area contributed by atoms with Crippen LogP contribution >= 0.6 is 27.7 Å². The van der Waals surface area contributed by atoms with Gasteiger partial charge in [-0.15, -0.1) is 10.2 Å². The summed E-state index contributed by atoms with van der Waals surface area (Å²) in [4.78, 5) is 21.7. The Balaban J connectivity index is 1.56. The fraction of sp³-hybridized carbons (Fsp3) is 0.333. The van der Waals surface area contributed by atoms with E-state index in [1.807, 2.05) is 23.1 Å². The monoisotopic (exact) mass is 391 g/mol. The highest BCUT2D eigenvalue weighted by atomic mass is 79.9. The number of likely N-dealkylation sites (tertiary alicyclic amines) is 1. The number of nitrogens with one attached hydrogen (secondary N) is 1. The number of amides is 1. The molecule has 118 valence electrons. The molecule has 1 aromatic carbocycles. The van der Waals surface area contributed by atoms with Crippen molar-refractivity contribution in [2.24, 2.45) is 0 Å². The highest BCUT2D eigenvalue weighted by Crippen LogP contribution is 2.26. The summed E-state index contributed by atoms with van der Waals surface area (Å²) in [6, 6.07) is 5.94. The molecule has 2 aromatic heterocycles. The topological polar surface area (TPSA) is 74.8 Å². The smallest absolute Gasteiger partial charge is 0.233 e. The molecule has 0 aliphatic carbocycles. The average molecular weight is 392 g/mol. The van der Waals surface area contributed by atoms with Gasteiger partial charge in [-0.2, -0.15) is 0 Å². The molecule has 1 aliphatic rings. The van der Waals surface area contributed by atoms with E-state index in [9.17, 15) is 4.79 Å². The van der Waals surface area contributed by atoms with Crippen LogP contribution in [-0.4, -0.2) is 49.8 Å². The van der Waals surface area contributed by atoms with Crippen molar-refractivity contribution < 1.29 is 4.79 Å². The lowest BCUT2D eigenvalue weighted by molar-refractivity contribution is -0.127. The Bertz CT molecular complexity index is 890. The van der Waals surface area contributed by atoms with Crippen LogP contribution < -0.4 is 0 Å². The van der Waals surface area contributed by atoms with Gasteiger partial charge in [0.15, 0.2) is 5.65 Å². The van der Waals surface area contributed by atoms with Crippen molar-refractivity contribution in [2.45, 2.75) is 18.0 Å². The number of carbonyl (C=O) groups is 1. The van der Waals surface area contributed by atoms with Crippen molar-refractivity contribution in [2.75, 3.05) is 18.8 Å². The minimum Gasteiger partial charge on any atom is -0.342 e. The molecule has 23 heavy (non-hydrogen) atoms. The van der Waals surface area contributed by atoms with Gasteiger partial charge in [-0.1, -0.05) is 27.7 Å². The molecule has 0 spiro atoms. The van der Waals surface area contributed by atoms with E-state index in [-0.39, 0.29) is 5.91 Å². The van der Waals surface area contributed by atoms with E-state index in [4.69, 9.17) is 0 Å². The number of benzene rings is 1. The number of hydrogen-bond donors (Lipinski definition) is 1. The van der Waals surface area contributed by atoms with E-state index in [1.165, 1.54) is 11.8 Å². The second-order valence-electron chi connectivity index (χ2n) is 5.48. The normalized spacial score (nSPS) is 14.9. The maximum Gasteiger partial charge on any atom is 0.233 e. The molecule has 1 amide bonds. The molecule has 0 atom stereocenters. The van der Waals surface area contributed by atoms with Crippen molar-refractivity contribution in [3.05, 3.63) is 22.7 Å². The highest BCUT2D eigenvalue weighted by molar-refractivity contribution is 9.10. The maximum absolute atomic E-state index is 12.1. The molecule has 0 radical (unpaired) electrons. The number of carbonyl (C=O) groups excluding carboxylic acids is 1. The van der Waals surface area contributed by atoms with Crippen LogP contribution in [0.1, 0.15) is 12.8 Å². The third-order valence-electron chi connectivity index (χ3n) is 3.94. The number of fused-ring (bicyclic) bond motifs is 3. The Morgan fingerprint density at radius 2 is 2.13 bits per heavy atom. The Morgan fingerprint density at radius 3 is 2.96 bits per heavy atom. The largest absolute Gasteiger partial charge is 0.342 e. The highest BCUT2D eigenvalue weighted by Gasteiger charge is 2.18. The first-order valence-corrected chi connectivity index (χ1v) is 9.21. The van der Waals surface area contributed by atoms with Gasteiger partial charge in [0.05, 0.1) is 5.75 Å². The summed E-state index contributed by atoms with van der Waals surface area (Å²) in [6.07, 6.45) is 2.20.